The van der Waals surface area contributed by atoms with Crippen LogP contribution in [0.1, 0.15) is 15.9 Å². The largest absolute Gasteiger partial charge is 0.478 e. The number of carboxylic acid groups (broad SMARTS) is 1. The number of hydrogen-bond acceptors (Lipinski definition) is 5. The third-order valence-corrected chi connectivity index (χ3v) is 4.44. The van der Waals surface area contributed by atoms with Gasteiger partial charge in [0.05, 0.1) is 16.2 Å². The number of nitriles is 2. The molecule has 1 aliphatic rings. The van der Waals surface area contributed by atoms with Crippen molar-refractivity contribution in [3.8, 4) is 12.1 Å². The van der Waals surface area contributed by atoms with E-state index < -0.39 is 21.6 Å². The molecule has 0 atom stereocenters. The van der Waals surface area contributed by atoms with E-state index in [0.29, 0.717) is 0 Å². The number of allylic oxidation sites excluding steroid dienone is 1. The van der Waals surface area contributed by atoms with Crippen LogP contribution in [0.15, 0.2) is 28.7 Å². The molecule has 0 aromatic heterocycles. The number of rotatable bonds is 1. The van der Waals surface area contributed by atoms with E-state index in [1.54, 1.807) is 12.1 Å². The third-order valence-electron chi connectivity index (χ3n) is 2.75. The molecule has 0 saturated heterocycles. The Kier molecular flexibility index (Phi) is 2.85. The van der Waals surface area contributed by atoms with Gasteiger partial charge in [0.25, 0.3) is 0 Å². The lowest BCUT2D eigenvalue weighted by molar-refractivity contribution is 0.0696. The Labute approximate surface area is 108 Å². The van der Waals surface area contributed by atoms with Crippen LogP contribution in [0.3, 0.4) is 0 Å². The molecule has 1 heterocycles. The second kappa shape index (κ2) is 4.23. The van der Waals surface area contributed by atoms with Gasteiger partial charge in [0.2, 0.25) is 0 Å². The molecule has 1 aromatic rings. The van der Waals surface area contributed by atoms with Crippen molar-refractivity contribution in [3.05, 3.63) is 34.9 Å². The zero-order valence-electron chi connectivity index (χ0n) is 9.41. The van der Waals surface area contributed by atoms with Crippen LogP contribution in [0.5, 0.6) is 0 Å². The Balaban J connectivity index is 2.83. The van der Waals surface area contributed by atoms with Crippen LogP contribution in [-0.2, 0) is 9.84 Å². The second-order valence-electron chi connectivity index (χ2n) is 3.85. The van der Waals surface area contributed by atoms with Gasteiger partial charge in [-0.15, -0.1) is 0 Å². The monoisotopic (exact) mass is 274 g/mol. The molecule has 6 nitrogen and oxygen atoms in total. The number of nitrogens with zero attached hydrogens (tertiary/aromatic N) is 2. The van der Waals surface area contributed by atoms with Crippen LogP contribution >= 0.6 is 0 Å². The Morgan fingerprint density at radius 1 is 1.26 bits per heavy atom. The smallest absolute Gasteiger partial charge is 0.335 e. The molecule has 1 aromatic carbocycles. The molecule has 0 spiro atoms. The van der Waals surface area contributed by atoms with Gasteiger partial charge in [-0.2, -0.15) is 10.5 Å². The summed E-state index contributed by atoms with van der Waals surface area (Å²) in [5.74, 6) is -1.66. The summed E-state index contributed by atoms with van der Waals surface area (Å²) in [4.78, 5) is 10.8. The highest BCUT2D eigenvalue weighted by Gasteiger charge is 2.33. The fraction of sp³-hybridized carbons (Fsp3) is 0.0833. The van der Waals surface area contributed by atoms with Crippen molar-refractivity contribution in [3.63, 3.8) is 0 Å². The number of carbonyl (C=O) groups is 1. The first kappa shape index (κ1) is 12.8. The van der Waals surface area contributed by atoms with Gasteiger partial charge in [-0.25, -0.2) is 13.2 Å². The molecule has 0 saturated carbocycles. The number of fused-ring (bicyclic) bond motifs is 1. The maximum absolute atomic E-state index is 11.9. The highest BCUT2D eigenvalue weighted by atomic mass is 32.2. The SMILES string of the molecule is N#CC(C#N)=C1CS(=O)(=O)c2ccc(C(=O)O)cc21. The van der Waals surface area contributed by atoms with Crippen LogP contribution in [0.2, 0.25) is 0 Å². The molecule has 19 heavy (non-hydrogen) atoms. The summed E-state index contributed by atoms with van der Waals surface area (Å²) in [6.45, 7) is 0. The van der Waals surface area contributed by atoms with Gasteiger partial charge < -0.3 is 5.11 Å². The van der Waals surface area contributed by atoms with Crippen LogP contribution in [0, 0.1) is 22.7 Å². The van der Waals surface area contributed by atoms with E-state index in [1.807, 2.05) is 0 Å². The van der Waals surface area contributed by atoms with Crippen LogP contribution < -0.4 is 0 Å². The summed E-state index contributed by atoms with van der Waals surface area (Å²) in [5.41, 5.74) is -0.227. The molecule has 0 amide bonds. The highest BCUT2D eigenvalue weighted by molar-refractivity contribution is 7.92. The molecule has 1 aliphatic heterocycles. The van der Waals surface area contributed by atoms with Crippen molar-refractivity contribution in [2.24, 2.45) is 0 Å². The number of aromatic carboxylic acids is 1. The molecule has 0 aliphatic carbocycles. The van der Waals surface area contributed by atoms with Gasteiger partial charge in [0.15, 0.2) is 9.84 Å². The first-order valence-electron chi connectivity index (χ1n) is 5.04. The molecule has 0 fully saturated rings. The van der Waals surface area contributed by atoms with Gasteiger partial charge in [-0.05, 0) is 18.2 Å². The zero-order valence-corrected chi connectivity index (χ0v) is 10.2. The van der Waals surface area contributed by atoms with Crippen molar-refractivity contribution in [2.75, 3.05) is 5.75 Å². The summed E-state index contributed by atoms with van der Waals surface area (Å²) < 4.78 is 23.8. The fourth-order valence-electron chi connectivity index (χ4n) is 1.88. The zero-order chi connectivity index (χ0) is 14.2. The molecule has 2 rings (SSSR count). The first-order chi connectivity index (χ1) is 8.90. The van der Waals surface area contributed by atoms with E-state index >= 15 is 0 Å². The van der Waals surface area contributed by atoms with Gasteiger partial charge in [0.1, 0.15) is 17.7 Å². The third kappa shape index (κ3) is 1.96. The van der Waals surface area contributed by atoms with Crippen molar-refractivity contribution >= 4 is 21.4 Å². The fourth-order valence-corrected chi connectivity index (χ4v) is 3.51. The van der Waals surface area contributed by atoms with Gasteiger partial charge in [-0.1, -0.05) is 0 Å². The summed E-state index contributed by atoms with van der Waals surface area (Å²) in [6, 6.07) is 6.80. The lowest BCUT2D eigenvalue weighted by Gasteiger charge is -2.01. The van der Waals surface area contributed by atoms with Crippen molar-refractivity contribution in [1.29, 1.82) is 10.5 Å². The second-order valence-corrected chi connectivity index (χ2v) is 5.81. The minimum Gasteiger partial charge on any atom is -0.478 e. The van der Waals surface area contributed by atoms with Crippen molar-refractivity contribution < 1.29 is 18.3 Å². The van der Waals surface area contributed by atoms with E-state index in [4.69, 9.17) is 15.6 Å². The molecule has 0 bridgehead atoms. The minimum absolute atomic E-state index is 0.0458. The molecule has 0 radical (unpaired) electrons. The summed E-state index contributed by atoms with van der Waals surface area (Å²) >= 11 is 0. The number of sulfone groups is 1. The minimum atomic E-state index is -3.62. The van der Waals surface area contributed by atoms with Gasteiger partial charge >= 0.3 is 5.97 Å². The predicted octanol–water partition coefficient (Wildman–Crippen LogP) is 0.973. The van der Waals surface area contributed by atoms with Crippen molar-refractivity contribution in [1.82, 2.24) is 0 Å². The lowest BCUT2D eigenvalue weighted by Crippen LogP contribution is -2.00. The summed E-state index contributed by atoms with van der Waals surface area (Å²) in [5, 5.41) is 26.5. The van der Waals surface area contributed by atoms with Gasteiger partial charge in [0, 0.05) is 11.1 Å². The molecule has 0 unspecified atom stereocenters. The lowest BCUT2D eigenvalue weighted by atomic mass is 10.0. The van der Waals surface area contributed by atoms with E-state index in [2.05, 4.69) is 0 Å². The number of hydrogen-bond donors (Lipinski definition) is 1. The maximum Gasteiger partial charge on any atom is 0.335 e. The van der Waals surface area contributed by atoms with E-state index in [-0.39, 0.29) is 27.2 Å². The van der Waals surface area contributed by atoms with Crippen molar-refractivity contribution in [2.45, 2.75) is 4.90 Å². The topological polar surface area (TPSA) is 119 Å². The normalized spacial score (nSPS) is 15.2. The van der Waals surface area contributed by atoms with E-state index in [1.165, 1.54) is 18.2 Å². The quantitative estimate of drug-likeness (QED) is 0.762. The van der Waals surface area contributed by atoms with Crippen LogP contribution in [0.4, 0.5) is 0 Å². The van der Waals surface area contributed by atoms with Crippen LogP contribution in [0.25, 0.3) is 5.57 Å². The maximum atomic E-state index is 11.9. The predicted molar refractivity (Wildman–Crippen MR) is 63.6 cm³/mol. The molecule has 7 heteroatoms. The van der Waals surface area contributed by atoms with E-state index in [9.17, 15) is 13.2 Å². The Morgan fingerprint density at radius 3 is 2.42 bits per heavy atom. The number of carboxylic acids is 1. The highest BCUT2D eigenvalue weighted by Crippen LogP contribution is 2.36. The summed E-state index contributed by atoms with van der Waals surface area (Å²) in [6.07, 6.45) is 0. The van der Waals surface area contributed by atoms with Gasteiger partial charge in [-0.3, -0.25) is 0 Å². The molecular formula is C12H6N2O4S. The molecule has 1 N–H and O–H groups in total. The standard InChI is InChI=1S/C12H6N2O4S/c13-4-8(5-14)10-6-19(17,18)11-2-1-7(12(15)16)3-9(10)11/h1-3H,6H2,(H,15,16). The van der Waals surface area contributed by atoms with E-state index in [0.717, 1.165) is 0 Å². The average molecular weight is 274 g/mol. The molecule has 94 valence electrons. The average Bonchev–Trinajstić information content (AvgIpc) is 2.63. The Hall–Kier alpha value is -2.64. The Morgan fingerprint density at radius 2 is 1.89 bits per heavy atom. The molecular weight excluding hydrogens is 268 g/mol. The number of benzene rings is 1. The Bertz CT molecular complexity index is 791. The first-order valence-corrected chi connectivity index (χ1v) is 6.69. The van der Waals surface area contributed by atoms with Crippen LogP contribution in [-0.4, -0.2) is 25.2 Å². The summed E-state index contributed by atoms with van der Waals surface area (Å²) in [7, 11) is -3.62.